The van der Waals surface area contributed by atoms with Gasteiger partial charge in [0.05, 0.1) is 5.69 Å². The third-order valence-corrected chi connectivity index (χ3v) is 5.49. The number of fused-ring (bicyclic) bond motifs is 1. The van der Waals surface area contributed by atoms with Crippen molar-refractivity contribution >= 4 is 23.3 Å². The normalized spacial score (nSPS) is 13.6. The van der Waals surface area contributed by atoms with Crippen molar-refractivity contribution in [3.63, 3.8) is 0 Å². The molecule has 0 saturated carbocycles. The SMILES string of the molecule is CC[C@@H](C)NC(=O)c1coc(CN2C(=O)COc3ccc(C(=O)COc4ccccc4F)cc32)n1. The molecule has 1 aliphatic rings. The first kappa shape index (κ1) is 23.9. The van der Waals surface area contributed by atoms with Crippen LogP contribution in [-0.4, -0.2) is 41.8 Å². The van der Waals surface area contributed by atoms with Crippen LogP contribution in [-0.2, 0) is 11.3 Å². The maximum absolute atomic E-state index is 13.8. The summed E-state index contributed by atoms with van der Waals surface area (Å²) in [6, 6.07) is 10.4. The highest BCUT2D eigenvalue weighted by molar-refractivity contribution is 6.02. The standard InChI is InChI=1S/C25H24FN3O6/c1-3-15(2)27-25(32)18-12-35-23(28-18)11-29-19-10-16(8-9-22(19)34-14-24(29)31)20(30)13-33-21-7-5-4-6-17(21)26/h4-10,12,15H,3,11,13-14H2,1-2H3,(H,27,32)/t15-/m1/s1. The molecule has 0 bridgehead atoms. The zero-order valence-corrected chi connectivity index (χ0v) is 19.2. The van der Waals surface area contributed by atoms with Crippen molar-refractivity contribution in [2.75, 3.05) is 18.1 Å². The Bertz CT molecular complexity index is 1260. The average Bonchev–Trinajstić information content (AvgIpc) is 3.33. The third-order valence-electron chi connectivity index (χ3n) is 5.49. The highest BCUT2D eigenvalue weighted by Gasteiger charge is 2.28. The summed E-state index contributed by atoms with van der Waals surface area (Å²) in [5.74, 6) is -1.19. The molecule has 2 heterocycles. The molecule has 0 radical (unpaired) electrons. The number of rotatable bonds is 9. The van der Waals surface area contributed by atoms with Crippen molar-refractivity contribution in [3.8, 4) is 11.5 Å². The minimum atomic E-state index is -0.570. The number of Topliss-reactive ketones (excluding diaryl/α,β-unsaturated/α-hetero) is 1. The molecule has 1 aliphatic heterocycles. The van der Waals surface area contributed by atoms with Crippen LogP contribution in [0.5, 0.6) is 11.5 Å². The van der Waals surface area contributed by atoms with Crippen molar-refractivity contribution in [2.45, 2.75) is 32.9 Å². The summed E-state index contributed by atoms with van der Waals surface area (Å²) in [4.78, 5) is 43.1. The number of hydrogen-bond donors (Lipinski definition) is 1. The second kappa shape index (κ2) is 10.4. The van der Waals surface area contributed by atoms with Crippen LogP contribution < -0.4 is 19.7 Å². The molecular weight excluding hydrogens is 457 g/mol. The van der Waals surface area contributed by atoms with Gasteiger partial charge in [-0.3, -0.25) is 19.3 Å². The van der Waals surface area contributed by atoms with Gasteiger partial charge in [0.15, 0.2) is 36.3 Å². The number of para-hydroxylation sites is 1. The van der Waals surface area contributed by atoms with Crippen LogP contribution >= 0.6 is 0 Å². The van der Waals surface area contributed by atoms with Crippen molar-refractivity contribution in [1.29, 1.82) is 0 Å². The Morgan fingerprint density at radius 3 is 2.83 bits per heavy atom. The molecular formula is C25H24FN3O6. The molecule has 0 fully saturated rings. The van der Waals surface area contributed by atoms with Gasteiger partial charge in [0.25, 0.3) is 11.8 Å². The lowest BCUT2D eigenvalue weighted by molar-refractivity contribution is -0.121. The third kappa shape index (κ3) is 5.48. The van der Waals surface area contributed by atoms with Crippen LogP contribution in [0.3, 0.4) is 0 Å². The fraction of sp³-hybridized carbons (Fsp3) is 0.280. The molecule has 0 aliphatic carbocycles. The summed E-state index contributed by atoms with van der Waals surface area (Å²) >= 11 is 0. The number of ketones is 1. The molecule has 182 valence electrons. The van der Waals surface area contributed by atoms with Gasteiger partial charge in [-0.2, -0.15) is 0 Å². The molecule has 0 unspecified atom stereocenters. The highest BCUT2D eigenvalue weighted by atomic mass is 19.1. The van der Waals surface area contributed by atoms with Crippen molar-refractivity contribution in [3.05, 3.63) is 71.7 Å². The lowest BCUT2D eigenvalue weighted by Gasteiger charge is -2.28. The Morgan fingerprint density at radius 2 is 2.06 bits per heavy atom. The Balaban J connectivity index is 1.50. The number of carbonyl (C=O) groups excluding carboxylic acids is 3. The van der Waals surface area contributed by atoms with E-state index >= 15 is 0 Å². The number of ether oxygens (including phenoxy) is 2. The zero-order chi connectivity index (χ0) is 24.9. The number of halogens is 1. The van der Waals surface area contributed by atoms with Gasteiger partial charge in [-0.15, -0.1) is 0 Å². The highest BCUT2D eigenvalue weighted by Crippen LogP contribution is 2.34. The van der Waals surface area contributed by atoms with E-state index in [1.54, 1.807) is 18.2 Å². The number of carbonyl (C=O) groups is 3. The number of hydrogen-bond acceptors (Lipinski definition) is 7. The maximum Gasteiger partial charge on any atom is 0.273 e. The molecule has 3 aromatic rings. The van der Waals surface area contributed by atoms with Gasteiger partial charge in [0, 0.05) is 11.6 Å². The molecule has 2 amide bonds. The van der Waals surface area contributed by atoms with Crippen LogP contribution in [0.1, 0.15) is 47.0 Å². The summed E-state index contributed by atoms with van der Waals surface area (Å²) in [6.45, 7) is 3.19. The first-order valence-electron chi connectivity index (χ1n) is 11.1. The first-order valence-corrected chi connectivity index (χ1v) is 11.1. The summed E-state index contributed by atoms with van der Waals surface area (Å²) in [5.41, 5.74) is 0.710. The molecule has 2 aromatic carbocycles. The monoisotopic (exact) mass is 481 g/mol. The average molecular weight is 481 g/mol. The molecule has 9 nitrogen and oxygen atoms in total. The van der Waals surface area contributed by atoms with Gasteiger partial charge in [-0.1, -0.05) is 19.1 Å². The van der Waals surface area contributed by atoms with Crippen molar-refractivity contribution in [2.24, 2.45) is 0 Å². The number of anilines is 1. The second-order valence-electron chi connectivity index (χ2n) is 8.00. The minimum Gasteiger partial charge on any atom is -0.482 e. The van der Waals surface area contributed by atoms with E-state index in [4.69, 9.17) is 13.9 Å². The summed E-state index contributed by atoms with van der Waals surface area (Å²) in [5, 5.41) is 2.80. The molecule has 1 N–H and O–H groups in total. The molecule has 10 heteroatoms. The second-order valence-corrected chi connectivity index (χ2v) is 8.00. The van der Waals surface area contributed by atoms with Gasteiger partial charge >= 0.3 is 0 Å². The van der Waals surface area contributed by atoms with Crippen molar-refractivity contribution in [1.82, 2.24) is 10.3 Å². The predicted octanol–water partition coefficient (Wildman–Crippen LogP) is 3.53. The van der Waals surface area contributed by atoms with Gasteiger partial charge < -0.3 is 19.2 Å². The van der Waals surface area contributed by atoms with Crippen LogP contribution in [0.15, 0.2) is 53.1 Å². The van der Waals surface area contributed by atoms with Crippen LogP contribution in [0.4, 0.5) is 10.1 Å². The summed E-state index contributed by atoms with van der Waals surface area (Å²) in [6.07, 6.45) is 2.00. The van der Waals surface area contributed by atoms with Gasteiger partial charge in [-0.25, -0.2) is 9.37 Å². The molecule has 1 atom stereocenters. The largest absolute Gasteiger partial charge is 0.482 e. The molecule has 0 spiro atoms. The molecule has 0 saturated heterocycles. The zero-order valence-electron chi connectivity index (χ0n) is 19.2. The molecule has 35 heavy (non-hydrogen) atoms. The topological polar surface area (TPSA) is 111 Å². The number of benzene rings is 2. The van der Waals surface area contributed by atoms with Crippen LogP contribution in [0.25, 0.3) is 0 Å². The van der Waals surface area contributed by atoms with E-state index < -0.39 is 11.6 Å². The quantitative estimate of drug-likeness (QED) is 0.466. The summed E-state index contributed by atoms with van der Waals surface area (Å²) in [7, 11) is 0. The Kier molecular flexibility index (Phi) is 7.09. The van der Waals surface area contributed by atoms with Crippen LogP contribution in [0.2, 0.25) is 0 Å². The van der Waals surface area contributed by atoms with Crippen LogP contribution in [0, 0.1) is 5.82 Å². The van der Waals surface area contributed by atoms with Gasteiger partial charge in [-0.05, 0) is 43.7 Å². The molecule has 4 rings (SSSR count). The van der Waals surface area contributed by atoms with Gasteiger partial charge in [0.1, 0.15) is 18.6 Å². The Labute approximate surface area is 200 Å². The minimum absolute atomic E-state index is 0.0198. The first-order chi connectivity index (χ1) is 16.9. The van der Waals surface area contributed by atoms with E-state index in [1.807, 2.05) is 13.8 Å². The van der Waals surface area contributed by atoms with E-state index in [-0.39, 0.29) is 60.5 Å². The fourth-order valence-electron chi connectivity index (χ4n) is 3.36. The lowest BCUT2D eigenvalue weighted by atomic mass is 10.1. The maximum atomic E-state index is 13.8. The van der Waals surface area contributed by atoms with E-state index in [0.29, 0.717) is 11.4 Å². The number of nitrogens with zero attached hydrogens (tertiary/aromatic N) is 2. The van der Waals surface area contributed by atoms with E-state index in [9.17, 15) is 18.8 Å². The number of aromatic nitrogens is 1. The fourth-order valence-corrected chi connectivity index (χ4v) is 3.36. The van der Waals surface area contributed by atoms with E-state index in [2.05, 4.69) is 10.3 Å². The summed E-state index contributed by atoms with van der Waals surface area (Å²) < 4.78 is 30.0. The predicted molar refractivity (Wildman–Crippen MR) is 123 cm³/mol. The van der Waals surface area contributed by atoms with Crippen molar-refractivity contribution < 1.29 is 32.7 Å². The van der Waals surface area contributed by atoms with Gasteiger partial charge in [0.2, 0.25) is 5.89 Å². The lowest BCUT2D eigenvalue weighted by Crippen LogP contribution is -2.38. The Hall–Kier alpha value is -4.21. The smallest absolute Gasteiger partial charge is 0.273 e. The van der Waals surface area contributed by atoms with E-state index in [1.165, 1.54) is 35.4 Å². The van der Waals surface area contributed by atoms with E-state index in [0.717, 1.165) is 6.42 Å². The molecule has 1 aromatic heterocycles. The Morgan fingerprint density at radius 1 is 1.26 bits per heavy atom. The number of amides is 2. The number of nitrogens with one attached hydrogen (secondary N) is 1. The number of oxazole rings is 1.